The van der Waals surface area contributed by atoms with Crippen LogP contribution in [0.1, 0.15) is 44.3 Å². The van der Waals surface area contributed by atoms with Crippen molar-refractivity contribution in [3.8, 4) is 28.4 Å². The van der Waals surface area contributed by atoms with Crippen LogP contribution < -0.4 is 9.42 Å². The number of benzene rings is 1. The fourth-order valence-corrected chi connectivity index (χ4v) is 4.96. The number of aromatic amines is 1. The van der Waals surface area contributed by atoms with Gasteiger partial charge in [-0.3, -0.25) is 0 Å². The molecule has 3 aromatic rings. The van der Waals surface area contributed by atoms with E-state index in [2.05, 4.69) is 33.3 Å². The Morgan fingerprint density at radius 2 is 1.86 bits per heavy atom. The molecule has 6 nitrogen and oxygen atoms in total. The van der Waals surface area contributed by atoms with Gasteiger partial charge in [-0.1, -0.05) is 18.2 Å². The highest BCUT2D eigenvalue weighted by Crippen LogP contribution is 2.50. The number of ether oxygens (including phenoxy) is 1. The van der Waals surface area contributed by atoms with Crippen molar-refractivity contribution in [2.75, 3.05) is 7.11 Å². The number of nitrogens with zero attached hydrogens (tertiary/aromatic N) is 4. The van der Waals surface area contributed by atoms with E-state index < -0.39 is 0 Å². The first-order valence-corrected chi connectivity index (χ1v) is 10.1. The third kappa shape index (κ3) is 2.87. The molecule has 1 N–H and O–H groups in total. The highest BCUT2D eigenvalue weighted by molar-refractivity contribution is 5.71. The molecule has 28 heavy (non-hydrogen) atoms. The Morgan fingerprint density at radius 3 is 2.61 bits per heavy atom. The molecular formula is C22H26N5O+. The van der Waals surface area contributed by atoms with Crippen molar-refractivity contribution in [1.82, 2.24) is 20.1 Å². The maximum Gasteiger partial charge on any atom is 0.237 e. The van der Waals surface area contributed by atoms with Crippen LogP contribution in [-0.2, 0) is 12.5 Å². The summed E-state index contributed by atoms with van der Waals surface area (Å²) in [7, 11) is 3.64. The van der Waals surface area contributed by atoms with Gasteiger partial charge in [-0.15, -0.1) is 4.68 Å². The summed E-state index contributed by atoms with van der Waals surface area (Å²) in [6.45, 7) is 0. The van der Waals surface area contributed by atoms with Crippen molar-refractivity contribution in [3.63, 3.8) is 0 Å². The number of methoxy groups -OCH3 is 1. The molecule has 6 rings (SSSR count). The quantitative estimate of drug-likeness (QED) is 0.707. The van der Waals surface area contributed by atoms with E-state index in [-0.39, 0.29) is 5.41 Å². The molecule has 3 aliphatic rings. The Kier molecular flexibility index (Phi) is 4.14. The summed E-state index contributed by atoms with van der Waals surface area (Å²) in [4.78, 5) is 14.1. The molecule has 0 spiro atoms. The molecule has 144 valence electrons. The SMILES string of the molecule is COc1c[n+](C)[nH]c1-c1cccc(-c2ncnc(C34CCC(CC3)CC4)n2)c1. The average Bonchev–Trinajstić information content (AvgIpc) is 3.16. The van der Waals surface area contributed by atoms with E-state index in [1.165, 1.54) is 38.5 Å². The summed E-state index contributed by atoms with van der Waals surface area (Å²) >= 11 is 0. The maximum atomic E-state index is 5.50. The van der Waals surface area contributed by atoms with Crippen LogP contribution in [0, 0.1) is 5.92 Å². The second kappa shape index (κ2) is 6.69. The second-order valence-corrected chi connectivity index (χ2v) is 8.27. The number of H-pyrrole nitrogens is 1. The minimum atomic E-state index is 0.167. The summed E-state index contributed by atoms with van der Waals surface area (Å²) in [6, 6.07) is 8.29. The number of nitrogens with one attached hydrogen (secondary N) is 1. The molecule has 1 aromatic carbocycles. The van der Waals surface area contributed by atoms with Crippen molar-refractivity contribution in [1.29, 1.82) is 0 Å². The molecule has 3 fully saturated rings. The second-order valence-electron chi connectivity index (χ2n) is 8.27. The topological polar surface area (TPSA) is 67.6 Å². The average molecular weight is 376 g/mol. The van der Waals surface area contributed by atoms with Gasteiger partial charge >= 0.3 is 0 Å². The zero-order valence-corrected chi connectivity index (χ0v) is 16.5. The summed E-state index contributed by atoms with van der Waals surface area (Å²) in [5.41, 5.74) is 3.17. The van der Waals surface area contributed by atoms with Gasteiger partial charge in [-0.2, -0.15) is 5.10 Å². The van der Waals surface area contributed by atoms with Crippen LogP contribution in [-0.4, -0.2) is 27.2 Å². The first-order chi connectivity index (χ1) is 13.7. The van der Waals surface area contributed by atoms with E-state index in [1.807, 2.05) is 24.0 Å². The van der Waals surface area contributed by atoms with Crippen molar-refractivity contribution >= 4 is 0 Å². The Morgan fingerprint density at radius 1 is 1.11 bits per heavy atom. The molecule has 2 bridgehead atoms. The van der Waals surface area contributed by atoms with Crippen LogP contribution in [0.25, 0.3) is 22.6 Å². The van der Waals surface area contributed by atoms with Crippen molar-refractivity contribution in [3.05, 3.63) is 42.6 Å². The normalized spacial score (nSPS) is 23.7. The molecular weight excluding hydrogens is 350 g/mol. The molecule has 0 saturated heterocycles. The Hall–Kier alpha value is -2.76. The lowest BCUT2D eigenvalue weighted by Gasteiger charge is -2.45. The van der Waals surface area contributed by atoms with Crippen LogP contribution in [0.2, 0.25) is 0 Å². The standard InChI is InChI=1S/C22H25N5O/c1-27-13-18(28-2)19(26-27)16-4-3-5-17(12-16)20-23-14-24-21(25-20)22-9-6-15(7-10-22)8-11-22/h3-5,12-15H,6-11H2,1-2H3/p+1. The van der Waals surface area contributed by atoms with E-state index >= 15 is 0 Å². The first kappa shape index (κ1) is 17.3. The highest BCUT2D eigenvalue weighted by atomic mass is 16.5. The third-order valence-corrected chi connectivity index (χ3v) is 6.61. The van der Waals surface area contributed by atoms with Crippen LogP contribution in [0.3, 0.4) is 0 Å². The van der Waals surface area contributed by atoms with Crippen LogP contribution in [0.15, 0.2) is 36.8 Å². The maximum absolute atomic E-state index is 5.50. The summed E-state index contributed by atoms with van der Waals surface area (Å²) < 4.78 is 7.39. The van der Waals surface area contributed by atoms with Gasteiger partial charge in [-0.05, 0) is 50.5 Å². The van der Waals surface area contributed by atoms with E-state index in [0.29, 0.717) is 0 Å². The lowest BCUT2D eigenvalue weighted by Crippen LogP contribution is -2.39. The Balaban J connectivity index is 1.52. The number of aromatic nitrogens is 5. The third-order valence-electron chi connectivity index (χ3n) is 6.61. The lowest BCUT2D eigenvalue weighted by molar-refractivity contribution is -0.726. The fourth-order valence-electron chi connectivity index (χ4n) is 4.96. The highest BCUT2D eigenvalue weighted by Gasteiger charge is 2.43. The number of hydrogen-bond donors (Lipinski definition) is 1. The molecule has 0 radical (unpaired) electrons. The Bertz CT molecular complexity index is 990. The molecule has 3 aliphatic carbocycles. The molecule has 0 aliphatic heterocycles. The zero-order valence-electron chi connectivity index (χ0n) is 16.5. The van der Waals surface area contributed by atoms with Gasteiger partial charge in [0.25, 0.3) is 0 Å². The zero-order chi connectivity index (χ0) is 19.1. The smallest absolute Gasteiger partial charge is 0.237 e. The van der Waals surface area contributed by atoms with Gasteiger partial charge in [0.1, 0.15) is 12.2 Å². The molecule has 0 atom stereocenters. The van der Waals surface area contributed by atoms with Crippen LogP contribution in [0.4, 0.5) is 0 Å². The molecule has 6 heteroatoms. The molecule has 2 heterocycles. The largest absolute Gasteiger partial charge is 0.489 e. The summed E-state index contributed by atoms with van der Waals surface area (Å²) in [5, 5.41) is 3.31. The summed E-state index contributed by atoms with van der Waals surface area (Å²) in [5.74, 6) is 3.49. The number of aryl methyl sites for hydroxylation is 1. The minimum absolute atomic E-state index is 0.167. The lowest BCUT2D eigenvalue weighted by atomic mass is 9.60. The van der Waals surface area contributed by atoms with E-state index in [1.54, 1.807) is 13.4 Å². The van der Waals surface area contributed by atoms with Crippen molar-refractivity contribution in [2.45, 2.75) is 43.9 Å². The van der Waals surface area contributed by atoms with E-state index in [0.717, 1.165) is 40.1 Å². The molecule has 2 aromatic heterocycles. The number of fused-ring (bicyclic) bond motifs is 3. The molecule has 3 saturated carbocycles. The monoisotopic (exact) mass is 376 g/mol. The Labute approximate surface area is 165 Å². The van der Waals surface area contributed by atoms with E-state index in [9.17, 15) is 0 Å². The molecule has 0 unspecified atom stereocenters. The minimum Gasteiger partial charge on any atom is -0.489 e. The van der Waals surface area contributed by atoms with Crippen molar-refractivity contribution in [2.24, 2.45) is 13.0 Å². The van der Waals surface area contributed by atoms with Gasteiger partial charge in [-0.25, -0.2) is 15.0 Å². The number of rotatable bonds is 4. The van der Waals surface area contributed by atoms with Crippen LogP contribution in [0.5, 0.6) is 5.75 Å². The van der Waals surface area contributed by atoms with Gasteiger partial charge in [0.15, 0.2) is 18.6 Å². The van der Waals surface area contributed by atoms with Crippen LogP contribution >= 0.6 is 0 Å². The van der Waals surface area contributed by atoms with Gasteiger partial charge < -0.3 is 4.74 Å². The van der Waals surface area contributed by atoms with Gasteiger partial charge in [0, 0.05) is 16.5 Å². The fraction of sp³-hybridized carbons (Fsp3) is 0.455. The predicted octanol–water partition coefficient (Wildman–Crippen LogP) is 3.59. The van der Waals surface area contributed by atoms with E-state index in [4.69, 9.17) is 9.72 Å². The molecule has 0 amide bonds. The van der Waals surface area contributed by atoms with Gasteiger partial charge in [0.2, 0.25) is 11.9 Å². The predicted molar refractivity (Wildman–Crippen MR) is 106 cm³/mol. The van der Waals surface area contributed by atoms with Gasteiger partial charge in [0.05, 0.1) is 7.11 Å². The number of hydrogen-bond acceptors (Lipinski definition) is 4. The first-order valence-electron chi connectivity index (χ1n) is 10.1. The van der Waals surface area contributed by atoms with Crippen molar-refractivity contribution < 1.29 is 9.42 Å². The summed E-state index contributed by atoms with van der Waals surface area (Å²) in [6.07, 6.45) is 11.2.